The van der Waals surface area contributed by atoms with Crippen LogP contribution in [0, 0.1) is 22.2 Å². The molecule has 3 rings (SSSR count). The zero-order valence-corrected chi connectivity index (χ0v) is 11.6. The molecule has 1 spiro atoms. The molecule has 3 nitrogen and oxygen atoms in total. The summed E-state index contributed by atoms with van der Waals surface area (Å²) in [4.78, 5) is 12.9. The Morgan fingerprint density at radius 3 is 2.39 bits per heavy atom. The van der Waals surface area contributed by atoms with E-state index in [1.165, 1.54) is 0 Å². The Bertz CT molecular complexity index is 403. The molecule has 0 radical (unpaired) electrons. The molecule has 0 aromatic carbocycles. The number of ketones is 1. The molecule has 3 saturated carbocycles. The Morgan fingerprint density at radius 1 is 1.06 bits per heavy atom. The van der Waals surface area contributed by atoms with Crippen molar-refractivity contribution in [3.63, 3.8) is 0 Å². The van der Waals surface area contributed by atoms with Crippen molar-refractivity contribution in [1.82, 2.24) is 0 Å². The third kappa shape index (κ3) is 1.20. The highest BCUT2D eigenvalue weighted by Crippen LogP contribution is 2.66. The van der Waals surface area contributed by atoms with Gasteiger partial charge in [0.2, 0.25) is 0 Å². The number of rotatable bonds is 0. The molecule has 3 aliphatic rings. The molecule has 5 unspecified atom stereocenters. The number of aliphatic hydroxyl groups is 2. The average molecular weight is 252 g/mol. The lowest BCUT2D eigenvalue weighted by atomic mass is 9.48. The van der Waals surface area contributed by atoms with Gasteiger partial charge in [0.15, 0.2) is 0 Å². The van der Waals surface area contributed by atoms with E-state index in [1.54, 1.807) is 0 Å². The third-order valence-corrected chi connectivity index (χ3v) is 6.34. The van der Waals surface area contributed by atoms with Gasteiger partial charge in [0.1, 0.15) is 5.78 Å². The SMILES string of the molecule is CC1(C)CC(O)C23CCC(O)C(C)(CCC12)C3=O. The Balaban J connectivity index is 2.11. The van der Waals surface area contributed by atoms with Gasteiger partial charge in [0.25, 0.3) is 0 Å². The van der Waals surface area contributed by atoms with Crippen LogP contribution in [-0.4, -0.2) is 28.2 Å². The molecule has 3 fully saturated rings. The maximum absolute atomic E-state index is 12.9. The molecular formula is C15H24O3. The second-order valence-corrected chi connectivity index (χ2v) is 7.64. The Hall–Kier alpha value is -0.410. The number of hydrogen-bond acceptors (Lipinski definition) is 3. The molecule has 18 heavy (non-hydrogen) atoms. The van der Waals surface area contributed by atoms with Crippen molar-refractivity contribution in [2.75, 3.05) is 0 Å². The van der Waals surface area contributed by atoms with Gasteiger partial charge in [-0.1, -0.05) is 20.8 Å². The molecule has 102 valence electrons. The smallest absolute Gasteiger partial charge is 0.150 e. The van der Waals surface area contributed by atoms with Gasteiger partial charge >= 0.3 is 0 Å². The number of carbonyl (C=O) groups excluding carboxylic acids is 1. The molecule has 2 bridgehead atoms. The zero-order chi connectivity index (χ0) is 13.3. The summed E-state index contributed by atoms with van der Waals surface area (Å²) in [5.41, 5.74) is -1.13. The van der Waals surface area contributed by atoms with Crippen molar-refractivity contribution >= 4 is 5.78 Å². The van der Waals surface area contributed by atoms with Gasteiger partial charge < -0.3 is 10.2 Å². The normalized spacial score (nSPS) is 54.3. The predicted octanol–water partition coefficient (Wildman–Crippen LogP) is 1.90. The van der Waals surface area contributed by atoms with E-state index in [-0.39, 0.29) is 17.1 Å². The van der Waals surface area contributed by atoms with E-state index in [0.29, 0.717) is 12.8 Å². The van der Waals surface area contributed by atoms with Crippen LogP contribution in [0.15, 0.2) is 0 Å². The van der Waals surface area contributed by atoms with Gasteiger partial charge in [-0.05, 0) is 43.4 Å². The Morgan fingerprint density at radius 2 is 1.72 bits per heavy atom. The largest absolute Gasteiger partial charge is 0.392 e. The van der Waals surface area contributed by atoms with Crippen LogP contribution in [0.1, 0.15) is 52.9 Å². The molecule has 0 aliphatic heterocycles. The molecule has 0 aromatic heterocycles. The molecule has 3 heteroatoms. The van der Waals surface area contributed by atoms with Gasteiger partial charge in [0, 0.05) is 0 Å². The maximum atomic E-state index is 12.9. The summed E-state index contributed by atoms with van der Waals surface area (Å²) in [7, 11) is 0. The summed E-state index contributed by atoms with van der Waals surface area (Å²) >= 11 is 0. The summed E-state index contributed by atoms with van der Waals surface area (Å²) in [6.45, 7) is 6.25. The quantitative estimate of drug-likeness (QED) is 0.692. The van der Waals surface area contributed by atoms with Crippen LogP contribution in [0.2, 0.25) is 0 Å². The molecule has 3 aliphatic carbocycles. The van der Waals surface area contributed by atoms with Crippen LogP contribution in [0.25, 0.3) is 0 Å². The fraction of sp³-hybridized carbons (Fsp3) is 0.933. The van der Waals surface area contributed by atoms with Crippen LogP contribution in [0.5, 0.6) is 0 Å². The van der Waals surface area contributed by atoms with Crippen LogP contribution in [0.4, 0.5) is 0 Å². The second kappa shape index (κ2) is 3.37. The van der Waals surface area contributed by atoms with Crippen molar-refractivity contribution in [2.24, 2.45) is 22.2 Å². The number of fused-ring (bicyclic) bond motifs is 1. The second-order valence-electron chi connectivity index (χ2n) is 7.64. The number of carbonyl (C=O) groups is 1. The standard InChI is InChI=1S/C15H24O3/c1-13(2)8-11(17)15-7-5-10(16)14(3,12(15)18)6-4-9(13)15/h9-11,16-17H,4-8H2,1-3H3. The number of Topliss-reactive ketones (excluding diaryl/α,β-unsaturated/α-hetero) is 1. The van der Waals surface area contributed by atoms with Gasteiger partial charge in [0.05, 0.1) is 23.0 Å². The average Bonchev–Trinajstić information content (AvgIpc) is 2.46. The lowest BCUT2D eigenvalue weighted by Crippen LogP contribution is -2.61. The van der Waals surface area contributed by atoms with E-state index in [4.69, 9.17) is 0 Å². The topological polar surface area (TPSA) is 57.5 Å². The molecule has 5 atom stereocenters. The highest BCUT2D eigenvalue weighted by atomic mass is 16.3. The molecule has 0 aromatic rings. The van der Waals surface area contributed by atoms with Crippen molar-refractivity contribution in [3.8, 4) is 0 Å². The van der Waals surface area contributed by atoms with E-state index in [0.717, 1.165) is 19.3 Å². The third-order valence-electron chi connectivity index (χ3n) is 6.34. The van der Waals surface area contributed by atoms with Crippen molar-refractivity contribution < 1.29 is 15.0 Å². The van der Waals surface area contributed by atoms with Gasteiger partial charge in [-0.25, -0.2) is 0 Å². The molecule has 0 amide bonds. The Kier molecular flexibility index (Phi) is 2.36. The van der Waals surface area contributed by atoms with E-state index < -0.39 is 23.0 Å². The summed E-state index contributed by atoms with van der Waals surface area (Å²) in [6.07, 6.45) is 2.74. The molecule has 0 heterocycles. The monoisotopic (exact) mass is 252 g/mol. The number of aliphatic hydroxyl groups excluding tert-OH is 2. The van der Waals surface area contributed by atoms with Crippen molar-refractivity contribution in [3.05, 3.63) is 0 Å². The van der Waals surface area contributed by atoms with Gasteiger partial charge in [-0.15, -0.1) is 0 Å². The van der Waals surface area contributed by atoms with Crippen LogP contribution >= 0.6 is 0 Å². The summed E-state index contributed by atoms with van der Waals surface area (Å²) in [5.74, 6) is 0.427. The van der Waals surface area contributed by atoms with Gasteiger partial charge in [-0.2, -0.15) is 0 Å². The van der Waals surface area contributed by atoms with Gasteiger partial charge in [-0.3, -0.25) is 4.79 Å². The fourth-order valence-corrected chi connectivity index (χ4v) is 5.27. The van der Waals surface area contributed by atoms with Crippen LogP contribution in [0.3, 0.4) is 0 Å². The zero-order valence-electron chi connectivity index (χ0n) is 11.6. The van der Waals surface area contributed by atoms with E-state index in [1.807, 2.05) is 6.92 Å². The first-order valence-electron chi connectivity index (χ1n) is 7.16. The fourth-order valence-electron chi connectivity index (χ4n) is 5.27. The maximum Gasteiger partial charge on any atom is 0.150 e. The summed E-state index contributed by atoms with van der Waals surface area (Å²) in [6, 6.07) is 0. The minimum Gasteiger partial charge on any atom is -0.392 e. The Labute approximate surface area is 109 Å². The minimum atomic E-state index is -0.615. The van der Waals surface area contributed by atoms with E-state index in [9.17, 15) is 15.0 Å². The number of hydrogen-bond donors (Lipinski definition) is 2. The van der Waals surface area contributed by atoms with Crippen molar-refractivity contribution in [1.29, 1.82) is 0 Å². The van der Waals surface area contributed by atoms with Crippen molar-refractivity contribution in [2.45, 2.75) is 65.1 Å². The lowest BCUT2D eigenvalue weighted by Gasteiger charge is -2.55. The highest BCUT2D eigenvalue weighted by Gasteiger charge is 2.69. The minimum absolute atomic E-state index is 0.0404. The predicted molar refractivity (Wildman–Crippen MR) is 67.9 cm³/mol. The molecular weight excluding hydrogens is 228 g/mol. The van der Waals surface area contributed by atoms with Crippen LogP contribution < -0.4 is 0 Å². The first-order valence-corrected chi connectivity index (χ1v) is 7.16. The lowest BCUT2D eigenvalue weighted by molar-refractivity contribution is -0.176. The van der Waals surface area contributed by atoms with E-state index in [2.05, 4.69) is 13.8 Å². The summed E-state index contributed by atoms with van der Waals surface area (Å²) < 4.78 is 0. The van der Waals surface area contributed by atoms with Crippen LogP contribution in [-0.2, 0) is 4.79 Å². The highest BCUT2D eigenvalue weighted by molar-refractivity contribution is 5.93. The first kappa shape index (κ1) is 12.6. The summed E-state index contributed by atoms with van der Waals surface area (Å²) in [5, 5.41) is 20.7. The molecule has 2 N–H and O–H groups in total. The first-order chi connectivity index (χ1) is 8.25. The van der Waals surface area contributed by atoms with E-state index >= 15 is 0 Å². The molecule has 0 saturated heterocycles.